The summed E-state index contributed by atoms with van der Waals surface area (Å²) in [4.78, 5) is 16.3. The van der Waals surface area contributed by atoms with E-state index in [9.17, 15) is 4.79 Å². The number of halogens is 2. The van der Waals surface area contributed by atoms with Gasteiger partial charge in [0.15, 0.2) is 0 Å². The van der Waals surface area contributed by atoms with Crippen LogP contribution in [0.15, 0.2) is 18.2 Å². The molecule has 94 valence electrons. The number of aryl methyl sites for hydroxylation is 1. The van der Waals surface area contributed by atoms with Crippen LogP contribution in [0, 0.1) is 6.92 Å². The van der Waals surface area contributed by atoms with Gasteiger partial charge < -0.3 is 5.73 Å². The van der Waals surface area contributed by atoms with Crippen LogP contribution < -0.4 is 5.73 Å². The van der Waals surface area contributed by atoms with Gasteiger partial charge in [0.05, 0.1) is 22.1 Å². The Hall–Kier alpha value is -1.10. The lowest BCUT2D eigenvalue weighted by atomic mass is 10.1. The molecule has 0 saturated carbocycles. The van der Waals surface area contributed by atoms with Crippen molar-refractivity contribution in [3.63, 3.8) is 0 Å². The van der Waals surface area contributed by atoms with Gasteiger partial charge in [0, 0.05) is 15.5 Å². The summed E-state index contributed by atoms with van der Waals surface area (Å²) in [7, 11) is 0. The van der Waals surface area contributed by atoms with Crippen molar-refractivity contribution < 1.29 is 4.79 Å². The van der Waals surface area contributed by atoms with Crippen molar-refractivity contribution in [2.45, 2.75) is 13.3 Å². The summed E-state index contributed by atoms with van der Waals surface area (Å²) in [6.45, 7) is 1.88. The zero-order valence-electron chi connectivity index (χ0n) is 9.54. The van der Waals surface area contributed by atoms with Crippen molar-refractivity contribution in [2.75, 3.05) is 0 Å². The molecule has 0 saturated heterocycles. The summed E-state index contributed by atoms with van der Waals surface area (Å²) in [5.41, 5.74) is 6.70. The molecule has 0 aliphatic heterocycles. The van der Waals surface area contributed by atoms with E-state index in [1.165, 1.54) is 11.3 Å². The summed E-state index contributed by atoms with van der Waals surface area (Å²) < 4.78 is 0. The first-order chi connectivity index (χ1) is 8.47. The van der Waals surface area contributed by atoms with E-state index >= 15 is 0 Å². The van der Waals surface area contributed by atoms with Crippen molar-refractivity contribution in [3.8, 4) is 11.3 Å². The van der Waals surface area contributed by atoms with Crippen LogP contribution in [0.2, 0.25) is 10.0 Å². The Bertz CT molecular complexity index is 610. The zero-order chi connectivity index (χ0) is 13.3. The van der Waals surface area contributed by atoms with Gasteiger partial charge in [-0.25, -0.2) is 4.98 Å². The minimum absolute atomic E-state index is 0.166. The first-order valence-electron chi connectivity index (χ1n) is 5.17. The molecule has 2 rings (SSSR count). The summed E-state index contributed by atoms with van der Waals surface area (Å²) >= 11 is 13.5. The Kier molecular flexibility index (Phi) is 3.90. The number of amides is 1. The number of aromatic nitrogens is 1. The molecule has 1 aromatic heterocycles. The predicted octanol–water partition coefficient (Wildman–Crippen LogP) is 3.45. The Balaban J connectivity index is 2.52. The van der Waals surface area contributed by atoms with E-state index < -0.39 is 0 Å². The lowest BCUT2D eigenvalue weighted by Crippen LogP contribution is -2.13. The van der Waals surface area contributed by atoms with E-state index in [1.807, 2.05) is 6.92 Å². The molecule has 18 heavy (non-hydrogen) atoms. The third-order valence-electron chi connectivity index (χ3n) is 2.33. The molecule has 2 N–H and O–H groups in total. The van der Waals surface area contributed by atoms with Gasteiger partial charge in [-0.05, 0) is 25.1 Å². The van der Waals surface area contributed by atoms with Gasteiger partial charge in [0.1, 0.15) is 0 Å². The Morgan fingerprint density at radius 3 is 2.78 bits per heavy atom. The molecule has 0 aliphatic rings. The molecule has 0 atom stereocenters. The molecular formula is C12H10Cl2N2OS. The minimum Gasteiger partial charge on any atom is -0.369 e. The normalized spacial score (nSPS) is 10.6. The predicted molar refractivity (Wildman–Crippen MR) is 75.2 cm³/mol. The van der Waals surface area contributed by atoms with Crippen LogP contribution >= 0.6 is 34.5 Å². The van der Waals surface area contributed by atoms with Crippen LogP contribution in [-0.2, 0) is 11.2 Å². The molecule has 2 aromatic rings. The van der Waals surface area contributed by atoms with Crippen LogP contribution in [-0.4, -0.2) is 10.9 Å². The SMILES string of the molecule is Cc1nc(-c2ccc(Cl)cc2Cl)c(CC(N)=O)s1. The number of hydrogen-bond donors (Lipinski definition) is 1. The monoisotopic (exact) mass is 300 g/mol. The number of thiazole rings is 1. The highest BCUT2D eigenvalue weighted by Gasteiger charge is 2.15. The number of carbonyl (C=O) groups is 1. The fourth-order valence-corrected chi connectivity index (χ4v) is 3.10. The Morgan fingerprint density at radius 2 is 2.17 bits per heavy atom. The molecule has 0 fully saturated rings. The third kappa shape index (κ3) is 2.83. The lowest BCUT2D eigenvalue weighted by Gasteiger charge is -2.04. The first-order valence-corrected chi connectivity index (χ1v) is 6.74. The van der Waals surface area contributed by atoms with Crippen LogP contribution in [0.3, 0.4) is 0 Å². The van der Waals surface area contributed by atoms with Crippen LogP contribution in [0.1, 0.15) is 9.88 Å². The summed E-state index contributed by atoms with van der Waals surface area (Å²) in [6.07, 6.45) is 0.166. The van der Waals surface area contributed by atoms with Crippen LogP contribution in [0.4, 0.5) is 0 Å². The number of nitrogens with zero attached hydrogens (tertiary/aromatic N) is 1. The molecule has 3 nitrogen and oxygen atoms in total. The minimum atomic E-state index is -0.384. The highest BCUT2D eigenvalue weighted by atomic mass is 35.5. The quantitative estimate of drug-likeness (QED) is 0.944. The van der Waals surface area contributed by atoms with E-state index in [0.29, 0.717) is 15.7 Å². The van der Waals surface area contributed by atoms with E-state index in [2.05, 4.69) is 4.98 Å². The topological polar surface area (TPSA) is 56.0 Å². The van der Waals surface area contributed by atoms with Gasteiger partial charge in [-0.2, -0.15) is 0 Å². The molecule has 1 heterocycles. The van der Waals surface area contributed by atoms with Gasteiger partial charge in [0.25, 0.3) is 0 Å². The Labute approximate surface area is 119 Å². The second-order valence-corrected chi connectivity index (χ2v) is 5.90. The number of primary amides is 1. The number of hydrogen-bond acceptors (Lipinski definition) is 3. The van der Waals surface area contributed by atoms with E-state index in [4.69, 9.17) is 28.9 Å². The molecule has 1 amide bonds. The number of rotatable bonds is 3. The van der Waals surface area contributed by atoms with Gasteiger partial charge in [-0.1, -0.05) is 23.2 Å². The van der Waals surface area contributed by atoms with Crippen molar-refractivity contribution in [3.05, 3.63) is 38.1 Å². The Morgan fingerprint density at radius 1 is 1.44 bits per heavy atom. The van der Waals surface area contributed by atoms with Gasteiger partial charge >= 0.3 is 0 Å². The third-order valence-corrected chi connectivity index (χ3v) is 3.84. The smallest absolute Gasteiger partial charge is 0.222 e. The maximum absolute atomic E-state index is 11.0. The average Bonchev–Trinajstić information content (AvgIpc) is 2.58. The molecule has 6 heteroatoms. The largest absolute Gasteiger partial charge is 0.369 e. The zero-order valence-corrected chi connectivity index (χ0v) is 11.9. The highest BCUT2D eigenvalue weighted by molar-refractivity contribution is 7.12. The maximum Gasteiger partial charge on any atom is 0.222 e. The number of nitrogens with two attached hydrogens (primary N) is 1. The molecule has 0 bridgehead atoms. The molecule has 0 spiro atoms. The van der Waals surface area contributed by atoms with E-state index in [1.54, 1.807) is 18.2 Å². The molecular weight excluding hydrogens is 291 g/mol. The molecule has 1 aromatic carbocycles. The molecule has 0 radical (unpaired) electrons. The van der Waals surface area contributed by atoms with Crippen LogP contribution in [0.5, 0.6) is 0 Å². The summed E-state index contributed by atoms with van der Waals surface area (Å²) in [5, 5.41) is 1.94. The first kappa shape index (κ1) is 13.3. The van der Waals surface area contributed by atoms with Gasteiger partial charge in [-0.15, -0.1) is 11.3 Å². The fraction of sp³-hybridized carbons (Fsp3) is 0.167. The lowest BCUT2D eigenvalue weighted by molar-refractivity contribution is -0.117. The standard InChI is InChI=1S/C12H10Cl2N2OS/c1-6-16-12(10(18-6)5-11(15)17)8-3-2-7(13)4-9(8)14/h2-4H,5H2,1H3,(H2,15,17). The molecule has 0 aliphatic carbocycles. The van der Waals surface area contributed by atoms with Crippen LogP contribution in [0.25, 0.3) is 11.3 Å². The second-order valence-electron chi connectivity index (χ2n) is 3.77. The van der Waals surface area contributed by atoms with Crippen molar-refractivity contribution in [1.82, 2.24) is 4.98 Å². The highest BCUT2D eigenvalue weighted by Crippen LogP contribution is 2.34. The van der Waals surface area contributed by atoms with Crippen molar-refractivity contribution in [1.29, 1.82) is 0 Å². The summed E-state index contributed by atoms with van der Waals surface area (Å²) in [5.74, 6) is -0.384. The van der Waals surface area contributed by atoms with Gasteiger partial charge in [-0.3, -0.25) is 4.79 Å². The number of benzene rings is 1. The van der Waals surface area contributed by atoms with E-state index in [0.717, 1.165) is 15.4 Å². The van der Waals surface area contributed by atoms with E-state index in [-0.39, 0.29) is 12.3 Å². The fourth-order valence-electron chi connectivity index (χ4n) is 1.64. The van der Waals surface area contributed by atoms with Crippen molar-refractivity contribution >= 4 is 40.4 Å². The maximum atomic E-state index is 11.0. The second kappa shape index (κ2) is 5.26. The van der Waals surface area contributed by atoms with Crippen molar-refractivity contribution in [2.24, 2.45) is 5.73 Å². The molecule has 0 unspecified atom stereocenters. The summed E-state index contributed by atoms with van der Waals surface area (Å²) in [6, 6.07) is 5.19. The average molecular weight is 301 g/mol. The van der Waals surface area contributed by atoms with Gasteiger partial charge in [0.2, 0.25) is 5.91 Å². The number of carbonyl (C=O) groups excluding carboxylic acids is 1.